The van der Waals surface area contributed by atoms with Crippen molar-refractivity contribution in [1.82, 2.24) is 0 Å². The third kappa shape index (κ3) is 2.25. The SMILES string of the molecule is CC1=CC[C@]23CCCCCCCCC[C@]2(C1)C(=O)OC3=O. The van der Waals surface area contributed by atoms with Gasteiger partial charge in [-0.05, 0) is 32.6 Å². The topological polar surface area (TPSA) is 43.4 Å². The molecule has 1 saturated heterocycles. The summed E-state index contributed by atoms with van der Waals surface area (Å²) in [5.74, 6) is -0.477. The summed E-state index contributed by atoms with van der Waals surface area (Å²) in [6.07, 6.45) is 13.4. The van der Waals surface area contributed by atoms with Gasteiger partial charge in [0.05, 0.1) is 10.8 Å². The van der Waals surface area contributed by atoms with Crippen LogP contribution in [0.4, 0.5) is 0 Å². The molecule has 0 unspecified atom stereocenters. The lowest BCUT2D eigenvalue weighted by atomic mass is 9.54. The third-order valence-electron chi connectivity index (χ3n) is 5.97. The first-order valence-electron chi connectivity index (χ1n) is 8.53. The molecular formula is C18H26O3. The van der Waals surface area contributed by atoms with Crippen molar-refractivity contribution in [2.45, 2.75) is 77.6 Å². The van der Waals surface area contributed by atoms with Crippen molar-refractivity contribution in [3.05, 3.63) is 11.6 Å². The normalized spacial score (nSPS) is 37.9. The van der Waals surface area contributed by atoms with Crippen molar-refractivity contribution in [3.8, 4) is 0 Å². The number of hydrogen-bond acceptors (Lipinski definition) is 3. The van der Waals surface area contributed by atoms with Gasteiger partial charge in [0, 0.05) is 0 Å². The van der Waals surface area contributed by atoms with Crippen LogP contribution in [-0.2, 0) is 14.3 Å². The predicted octanol–water partition coefficient (Wildman–Crippen LogP) is 4.31. The zero-order chi connectivity index (χ0) is 14.9. The quantitative estimate of drug-likeness (QED) is 0.379. The molecule has 3 rings (SSSR count). The zero-order valence-electron chi connectivity index (χ0n) is 13.1. The van der Waals surface area contributed by atoms with Crippen LogP contribution in [0.25, 0.3) is 0 Å². The molecule has 0 radical (unpaired) electrons. The Kier molecular flexibility index (Phi) is 3.94. The Morgan fingerprint density at radius 2 is 1.38 bits per heavy atom. The largest absolute Gasteiger partial charge is 0.392 e. The number of rotatable bonds is 0. The smallest absolute Gasteiger partial charge is 0.321 e. The van der Waals surface area contributed by atoms with E-state index >= 15 is 0 Å². The lowest BCUT2D eigenvalue weighted by molar-refractivity contribution is -0.156. The molecule has 0 aromatic rings. The average molecular weight is 290 g/mol. The van der Waals surface area contributed by atoms with Gasteiger partial charge in [-0.15, -0.1) is 0 Å². The van der Waals surface area contributed by atoms with Crippen LogP contribution in [0, 0.1) is 10.8 Å². The van der Waals surface area contributed by atoms with E-state index in [4.69, 9.17) is 4.74 Å². The van der Waals surface area contributed by atoms with Gasteiger partial charge in [0.25, 0.3) is 0 Å². The average Bonchev–Trinajstić information content (AvgIpc) is 2.65. The van der Waals surface area contributed by atoms with Gasteiger partial charge in [-0.2, -0.15) is 0 Å². The molecule has 2 atom stereocenters. The number of carbonyl (C=O) groups is 2. The van der Waals surface area contributed by atoms with Crippen LogP contribution < -0.4 is 0 Å². The van der Waals surface area contributed by atoms with Gasteiger partial charge in [0.15, 0.2) is 0 Å². The highest BCUT2D eigenvalue weighted by molar-refractivity contribution is 6.02. The van der Waals surface area contributed by atoms with E-state index in [9.17, 15) is 9.59 Å². The Morgan fingerprint density at radius 3 is 2.05 bits per heavy atom. The van der Waals surface area contributed by atoms with Crippen LogP contribution in [-0.4, -0.2) is 11.9 Å². The summed E-state index contributed by atoms with van der Waals surface area (Å²) in [7, 11) is 0. The number of hydrogen-bond donors (Lipinski definition) is 0. The van der Waals surface area contributed by atoms with E-state index in [1.165, 1.54) is 37.7 Å². The lowest BCUT2D eigenvalue weighted by Crippen LogP contribution is -2.46. The van der Waals surface area contributed by atoms with Crippen LogP contribution in [0.2, 0.25) is 0 Å². The number of allylic oxidation sites excluding steroid dienone is 2. The summed E-state index contributed by atoms with van der Waals surface area (Å²) in [5.41, 5.74) is 0.119. The summed E-state index contributed by atoms with van der Waals surface area (Å²) in [4.78, 5) is 25.1. The molecule has 21 heavy (non-hydrogen) atoms. The molecule has 0 aromatic carbocycles. The van der Waals surface area contributed by atoms with Crippen LogP contribution in [0.15, 0.2) is 11.6 Å². The summed E-state index contributed by atoms with van der Waals surface area (Å²) in [6, 6.07) is 0. The van der Waals surface area contributed by atoms with E-state index in [2.05, 4.69) is 13.0 Å². The van der Waals surface area contributed by atoms with Crippen LogP contribution in [0.3, 0.4) is 0 Å². The molecule has 3 nitrogen and oxygen atoms in total. The molecule has 0 aromatic heterocycles. The monoisotopic (exact) mass is 290 g/mol. The van der Waals surface area contributed by atoms with Gasteiger partial charge < -0.3 is 4.74 Å². The van der Waals surface area contributed by atoms with Gasteiger partial charge in [-0.3, -0.25) is 9.59 Å². The first-order valence-corrected chi connectivity index (χ1v) is 8.53. The van der Waals surface area contributed by atoms with Crippen molar-refractivity contribution < 1.29 is 14.3 Å². The fourth-order valence-corrected chi connectivity index (χ4v) is 4.70. The summed E-state index contributed by atoms with van der Waals surface area (Å²) in [5, 5.41) is 0. The van der Waals surface area contributed by atoms with Crippen LogP contribution >= 0.6 is 0 Å². The van der Waals surface area contributed by atoms with Crippen LogP contribution in [0.1, 0.15) is 77.6 Å². The van der Waals surface area contributed by atoms with E-state index in [0.29, 0.717) is 6.42 Å². The van der Waals surface area contributed by atoms with Crippen molar-refractivity contribution >= 4 is 11.9 Å². The maximum Gasteiger partial charge on any atom is 0.321 e. The fraction of sp³-hybridized carbons (Fsp3) is 0.778. The highest BCUT2D eigenvalue weighted by Gasteiger charge is 2.67. The maximum atomic E-state index is 12.6. The molecule has 0 amide bonds. The molecule has 0 bridgehead atoms. The van der Waals surface area contributed by atoms with Gasteiger partial charge in [-0.25, -0.2) is 0 Å². The van der Waals surface area contributed by atoms with Gasteiger partial charge in [0.1, 0.15) is 0 Å². The number of cyclic esters (lactones) is 2. The highest BCUT2D eigenvalue weighted by atomic mass is 16.6. The fourth-order valence-electron chi connectivity index (χ4n) is 4.70. The molecule has 3 aliphatic rings. The molecule has 116 valence electrons. The predicted molar refractivity (Wildman–Crippen MR) is 80.5 cm³/mol. The van der Waals surface area contributed by atoms with Crippen LogP contribution in [0.5, 0.6) is 0 Å². The Bertz CT molecular complexity index is 479. The molecule has 1 heterocycles. The molecule has 2 fully saturated rings. The molecule has 3 heteroatoms. The summed E-state index contributed by atoms with van der Waals surface area (Å²) in [6.45, 7) is 2.08. The number of esters is 2. The summed E-state index contributed by atoms with van der Waals surface area (Å²) >= 11 is 0. The van der Waals surface area contributed by atoms with Gasteiger partial charge in [0.2, 0.25) is 0 Å². The second kappa shape index (κ2) is 5.58. The second-order valence-corrected chi connectivity index (χ2v) is 7.25. The Morgan fingerprint density at radius 1 is 0.857 bits per heavy atom. The molecular weight excluding hydrogens is 264 g/mol. The van der Waals surface area contributed by atoms with E-state index in [1.54, 1.807) is 0 Å². The van der Waals surface area contributed by atoms with Crippen molar-refractivity contribution in [2.75, 3.05) is 0 Å². The molecule has 0 spiro atoms. The first kappa shape index (κ1) is 14.8. The maximum absolute atomic E-state index is 12.6. The van der Waals surface area contributed by atoms with E-state index in [0.717, 1.165) is 32.1 Å². The second-order valence-electron chi connectivity index (χ2n) is 7.25. The Balaban J connectivity index is 2.00. The van der Waals surface area contributed by atoms with Gasteiger partial charge >= 0.3 is 11.9 Å². The van der Waals surface area contributed by atoms with Crippen molar-refractivity contribution in [1.29, 1.82) is 0 Å². The zero-order valence-corrected chi connectivity index (χ0v) is 13.1. The molecule has 1 aliphatic heterocycles. The minimum atomic E-state index is -0.562. The molecule has 1 saturated carbocycles. The van der Waals surface area contributed by atoms with E-state index in [-0.39, 0.29) is 11.9 Å². The molecule has 2 aliphatic carbocycles. The van der Waals surface area contributed by atoms with Crippen molar-refractivity contribution in [3.63, 3.8) is 0 Å². The van der Waals surface area contributed by atoms with Gasteiger partial charge in [-0.1, -0.05) is 56.6 Å². The number of ether oxygens (including phenoxy) is 1. The van der Waals surface area contributed by atoms with E-state index in [1.807, 2.05) is 0 Å². The first-order chi connectivity index (χ1) is 10.1. The van der Waals surface area contributed by atoms with Crippen molar-refractivity contribution in [2.24, 2.45) is 10.8 Å². The van der Waals surface area contributed by atoms with E-state index < -0.39 is 10.8 Å². The number of carbonyl (C=O) groups excluding carboxylic acids is 2. The summed E-state index contributed by atoms with van der Waals surface area (Å²) < 4.78 is 5.20. The lowest BCUT2D eigenvalue weighted by Gasteiger charge is -2.43. The highest BCUT2D eigenvalue weighted by Crippen LogP contribution is 2.60. The standard InChI is InChI=1S/C18H26O3/c1-14-9-12-17-10-7-5-3-2-4-6-8-11-18(17,13-14)16(20)21-15(17)19/h9H,2-8,10-13H2,1H3/t17-,18-/m0/s1. The molecule has 0 N–H and O–H groups in total. The minimum Gasteiger partial charge on any atom is -0.392 e. The Hall–Kier alpha value is -1.12. The third-order valence-corrected chi connectivity index (χ3v) is 5.97. The Labute approximate surface area is 127 Å². The minimum absolute atomic E-state index is 0.237.